The van der Waals surface area contributed by atoms with Gasteiger partial charge in [0.1, 0.15) is 6.29 Å². The van der Waals surface area contributed by atoms with E-state index in [1.807, 2.05) is 19.1 Å². The number of carbonyl (C=O) groups is 1. The third kappa shape index (κ3) is 2.73. The van der Waals surface area contributed by atoms with Crippen LogP contribution in [0.4, 0.5) is 0 Å². The first-order valence-corrected chi connectivity index (χ1v) is 4.02. The minimum absolute atomic E-state index is 0.338. The van der Waals surface area contributed by atoms with Gasteiger partial charge < -0.3 is 5.73 Å². The van der Waals surface area contributed by atoms with Crippen molar-refractivity contribution in [3.05, 3.63) is 34.9 Å². The van der Waals surface area contributed by atoms with Gasteiger partial charge in [-0.3, -0.25) is 4.79 Å². The molecule has 1 aromatic carbocycles. The summed E-state index contributed by atoms with van der Waals surface area (Å²) in [6, 6.07) is 5.50. The molecule has 13 heavy (non-hydrogen) atoms. The van der Waals surface area contributed by atoms with E-state index in [9.17, 15) is 4.79 Å². The summed E-state index contributed by atoms with van der Waals surface area (Å²) in [5.74, 6) is 5.63. The van der Waals surface area contributed by atoms with Crippen LogP contribution < -0.4 is 5.73 Å². The van der Waals surface area contributed by atoms with Crippen molar-refractivity contribution < 1.29 is 4.79 Å². The SMILES string of the molecule is Cc1cc(C#CCN)cc(C=O)c1. The van der Waals surface area contributed by atoms with Gasteiger partial charge in [0.05, 0.1) is 6.54 Å². The van der Waals surface area contributed by atoms with Crippen LogP contribution in [0.3, 0.4) is 0 Å². The monoisotopic (exact) mass is 173 g/mol. The second-order valence-corrected chi connectivity index (χ2v) is 2.76. The summed E-state index contributed by atoms with van der Waals surface area (Å²) in [5, 5.41) is 0. The van der Waals surface area contributed by atoms with Crippen molar-refractivity contribution in [3.63, 3.8) is 0 Å². The number of hydrogen-bond acceptors (Lipinski definition) is 2. The molecule has 0 bridgehead atoms. The molecule has 0 heterocycles. The van der Waals surface area contributed by atoms with Crippen molar-refractivity contribution in [3.8, 4) is 11.8 Å². The molecule has 0 fully saturated rings. The largest absolute Gasteiger partial charge is 0.320 e. The van der Waals surface area contributed by atoms with Gasteiger partial charge in [0.15, 0.2) is 0 Å². The lowest BCUT2D eigenvalue weighted by molar-refractivity contribution is 0.112. The molecule has 0 saturated heterocycles. The Morgan fingerprint density at radius 1 is 1.46 bits per heavy atom. The van der Waals surface area contributed by atoms with E-state index in [2.05, 4.69) is 11.8 Å². The number of benzene rings is 1. The van der Waals surface area contributed by atoms with Crippen LogP contribution in [-0.4, -0.2) is 12.8 Å². The Morgan fingerprint density at radius 2 is 2.23 bits per heavy atom. The fourth-order valence-corrected chi connectivity index (χ4v) is 1.11. The van der Waals surface area contributed by atoms with Gasteiger partial charge in [-0.2, -0.15) is 0 Å². The topological polar surface area (TPSA) is 43.1 Å². The van der Waals surface area contributed by atoms with Crippen molar-refractivity contribution >= 4 is 6.29 Å². The van der Waals surface area contributed by atoms with E-state index in [-0.39, 0.29) is 0 Å². The molecule has 66 valence electrons. The van der Waals surface area contributed by atoms with Crippen LogP contribution in [0, 0.1) is 18.8 Å². The molecule has 0 spiro atoms. The van der Waals surface area contributed by atoms with Crippen molar-refractivity contribution in [2.45, 2.75) is 6.92 Å². The minimum Gasteiger partial charge on any atom is -0.320 e. The third-order valence-corrected chi connectivity index (χ3v) is 1.57. The number of nitrogens with two attached hydrogens (primary N) is 1. The zero-order chi connectivity index (χ0) is 9.68. The minimum atomic E-state index is 0.338. The average Bonchev–Trinajstić information content (AvgIpc) is 2.14. The highest BCUT2D eigenvalue weighted by Gasteiger charge is 1.94. The van der Waals surface area contributed by atoms with Gasteiger partial charge in [-0.15, -0.1) is 0 Å². The van der Waals surface area contributed by atoms with E-state index >= 15 is 0 Å². The highest BCUT2D eigenvalue weighted by atomic mass is 16.1. The quantitative estimate of drug-likeness (QED) is 0.510. The van der Waals surface area contributed by atoms with E-state index in [1.165, 1.54) is 0 Å². The average molecular weight is 173 g/mol. The first-order valence-electron chi connectivity index (χ1n) is 4.02. The fraction of sp³-hybridized carbons (Fsp3) is 0.182. The van der Waals surface area contributed by atoms with Crippen molar-refractivity contribution in [2.75, 3.05) is 6.54 Å². The van der Waals surface area contributed by atoms with Gasteiger partial charge in [0, 0.05) is 11.1 Å². The lowest BCUT2D eigenvalue weighted by atomic mass is 10.1. The number of aryl methyl sites for hydroxylation is 1. The number of carbonyl (C=O) groups excluding carboxylic acids is 1. The van der Waals surface area contributed by atoms with Crippen LogP contribution in [0.1, 0.15) is 21.5 Å². The Morgan fingerprint density at radius 3 is 2.85 bits per heavy atom. The van der Waals surface area contributed by atoms with Gasteiger partial charge in [0.25, 0.3) is 0 Å². The maximum atomic E-state index is 10.5. The maximum Gasteiger partial charge on any atom is 0.150 e. The molecule has 0 aliphatic heterocycles. The highest BCUT2D eigenvalue weighted by Crippen LogP contribution is 2.06. The molecule has 0 aliphatic carbocycles. The van der Waals surface area contributed by atoms with Gasteiger partial charge in [0.2, 0.25) is 0 Å². The molecule has 1 rings (SSSR count). The van der Waals surface area contributed by atoms with Crippen LogP contribution >= 0.6 is 0 Å². The molecule has 0 aromatic heterocycles. The molecule has 0 amide bonds. The summed E-state index contributed by atoms with van der Waals surface area (Å²) in [5.41, 5.74) is 7.77. The van der Waals surface area contributed by atoms with Crippen LogP contribution in [0.15, 0.2) is 18.2 Å². The van der Waals surface area contributed by atoms with Gasteiger partial charge in [-0.1, -0.05) is 11.8 Å². The number of aldehydes is 1. The second kappa shape index (κ2) is 4.44. The number of hydrogen-bond donors (Lipinski definition) is 1. The summed E-state index contributed by atoms with van der Waals surface area (Å²) >= 11 is 0. The molecule has 2 heteroatoms. The van der Waals surface area contributed by atoms with E-state index in [0.29, 0.717) is 12.1 Å². The normalized spacial score (nSPS) is 8.77. The fourth-order valence-electron chi connectivity index (χ4n) is 1.11. The predicted octanol–water partition coefficient (Wildman–Crippen LogP) is 1.12. The Labute approximate surface area is 77.8 Å². The Kier molecular flexibility index (Phi) is 3.24. The molecule has 1 aromatic rings. The van der Waals surface area contributed by atoms with Crippen molar-refractivity contribution in [2.24, 2.45) is 5.73 Å². The third-order valence-electron chi connectivity index (χ3n) is 1.57. The van der Waals surface area contributed by atoms with E-state index in [0.717, 1.165) is 17.4 Å². The molecule has 0 radical (unpaired) electrons. The summed E-state index contributed by atoms with van der Waals surface area (Å²) in [4.78, 5) is 10.5. The first-order chi connectivity index (χ1) is 6.26. The standard InChI is InChI=1S/C11H11NO/c1-9-5-10(3-2-4-12)7-11(6-9)8-13/h5-8H,4,12H2,1H3. The summed E-state index contributed by atoms with van der Waals surface area (Å²) in [7, 11) is 0. The van der Waals surface area contributed by atoms with E-state index in [1.54, 1.807) is 6.07 Å². The smallest absolute Gasteiger partial charge is 0.150 e. The van der Waals surface area contributed by atoms with Crippen molar-refractivity contribution in [1.82, 2.24) is 0 Å². The Hall–Kier alpha value is -1.59. The first kappa shape index (κ1) is 9.50. The lowest BCUT2D eigenvalue weighted by Crippen LogP contribution is -1.93. The van der Waals surface area contributed by atoms with Gasteiger partial charge in [-0.05, 0) is 30.7 Å². The molecular formula is C11H11NO. The maximum absolute atomic E-state index is 10.5. The van der Waals surface area contributed by atoms with E-state index < -0.39 is 0 Å². The summed E-state index contributed by atoms with van der Waals surface area (Å²) in [6.45, 7) is 2.27. The number of rotatable bonds is 1. The zero-order valence-corrected chi connectivity index (χ0v) is 7.50. The zero-order valence-electron chi connectivity index (χ0n) is 7.50. The van der Waals surface area contributed by atoms with Crippen molar-refractivity contribution in [1.29, 1.82) is 0 Å². The lowest BCUT2D eigenvalue weighted by Gasteiger charge is -1.96. The van der Waals surface area contributed by atoms with E-state index in [4.69, 9.17) is 5.73 Å². The molecule has 0 aliphatic rings. The predicted molar refractivity (Wildman–Crippen MR) is 52.5 cm³/mol. The molecule has 0 unspecified atom stereocenters. The summed E-state index contributed by atoms with van der Waals surface area (Å²) in [6.07, 6.45) is 0.820. The molecule has 2 N–H and O–H groups in total. The van der Waals surface area contributed by atoms with Crippen LogP contribution in [0.5, 0.6) is 0 Å². The second-order valence-electron chi connectivity index (χ2n) is 2.76. The van der Waals surface area contributed by atoms with Gasteiger partial charge >= 0.3 is 0 Å². The molecule has 2 nitrogen and oxygen atoms in total. The summed E-state index contributed by atoms with van der Waals surface area (Å²) < 4.78 is 0. The molecular weight excluding hydrogens is 162 g/mol. The highest BCUT2D eigenvalue weighted by molar-refractivity contribution is 5.76. The van der Waals surface area contributed by atoms with Crippen LogP contribution in [0.25, 0.3) is 0 Å². The van der Waals surface area contributed by atoms with Gasteiger partial charge in [-0.25, -0.2) is 0 Å². The van der Waals surface area contributed by atoms with Crippen LogP contribution in [0.2, 0.25) is 0 Å². The molecule has 0 saturated carbocycles. The van der Waals surface area contributed by atoms with Crippen LogP contribution in [-0.2, 0) is 0 Å². The Bertz CT molecular complexity index is 371. The Balaban J connectivity index is 3.08. The molecule has 0 atom stereocenters.